The van der Waals surface area contributed by atoms with Crippen LogP contribution in [-0.2, 0) is 24.4 Å². The molecular formula is C21H18BrN3O3S. The van der Waals surface area contributed by atoms with Gasteiger partial charge in [-0.1, -0.05) is 15.9 Å². The van der Waals surface area contributed by atoms with Crippen molar-refractivity contribution in [3.63, 3.8) is 0 Å². The molecule has 3 aromatic heterocycles. The fraction of sp³-hybridized carbons (Fsp3) is 0.190. The predicted octanol–water partition coefficient (Wildman–Crippen LogP) is 4.35. The molecule has 6 nitrogen and oxygen atoms in total. The van der Waals surface area contributed by atoms with Crippen LogP contribution in [0.4, 0.5) is 0 Å². The molecule has 1 amide bonds. The van der Waals surface area contributed by atoms with Gasteiger partial charge in [0.1, 0.15) is 12.3 Å². The zero-order chi connectivity index (χ0) is 20.4. The number of carbonyl (C=O) groups excluding carboxylic acids is 1. The van der Waals surface area contributed by atoms with Gasteiger partial charge in [0.2, 0.25) is 5.91 Å². The van der Waals surface area contributed by atoms with Gasteiger partial charge in [-0.3, -0.25) is 14.2 Å². The number of halogens is 1. The lowest BCUT2D eigenvalue weighted by atomic mass is 10.2. The van der Waals surface area contributed by atoms with Gasteiger partial charge in [-0.25, -0.2) is 4.98 Å². The Morgan fingerprint density at radius 3 is 2.83 bits per heavy atom. The van der Waals surface area contributed by atoms with E-state index in [1.807, 2.05) is 31.2 Å². The molecule has 0 bridgehead atoms. The third kappa shape index (κ3) is 4.49. The molecule has 0 saturated carbocycles. The molecule has 29 heavy (non-hydrogen) atoms. The maximum absolute atomic E-state index is 13.1. The summed E-state index contributed by atoms with van der Waals surface area (Å²) in [6.07, 6.45) is 3.01. The summed E-state index contributed by atoms with van der Waals surface area (Å²) in [6.45, 7) is 2.74. The minimum absolute atomic E-state index is 0.0840. The molecule has 4 aromatic rings. The molecule has 0 fully saturated rings. The second-order valence-corrected chi connectivity index (χ2v) is 8.97. The van der Waals surface area contributed by atoms with E-state index in [9.17, 15) is 9.59 Å². The van der Waals surface area contributed by atoms with Crippen molar-refractivity contribution in [1.82, 2.24) is 14.5 Å². The summed E-state index contributed by atoms with van der Waals surface area (Å²) in [5.74, 6) is 0.519. The molecule has 4 rings (SSSR count). The van der Waals surface area contributed by atoms with Crippen LogP contribution in [0.2, 0.25) is 0 Å². The van der Waals surface area contributed by atoms with Crippen LogP contribution < -0.4 is 5.56 Å². The lowest BCUT2D eigenvalue weighted by Gasteiger charge is -2.21. The highest BCUT2D eigenvalue weighted by Gasteiger charge is 2.18. The fourth-order valence-corrected chi connectivity index (χ4v) is 4.34. The van der Waals surface area contributed by atoms with Gasteiger partial charge in [0.05, 0.1) is 36.6 Å². The molecule has 0 aliphatic carbocycles. The van der Waals surface area contributed by atoms with E-state index < -0.39 is 0 Å². The van der Waals surface area contributed by atoms with E-state index in [1.54, 1.807) is 40.7 Å². The van der Waals surface area contributed by atoms with Gasteiger partial charge in [-0.15, -0.1) is 11.3 Å². The van der Waals surface area contributed by atoms with Crippen molar-refractivity contribution in [2.24, 2.45) is 0 Å². The van der Waals surface area contributed by atoms with Crippen LogP contribution in [-0.4, -0.2) is 20.4 Å². The number of hydrogen-bond donors (Lipinski definition) is 0. The Morgan fingerprint density at radius 2 is 2.10 bits per heavy atom. The number of aryl methyl sites for hydroxylation is 1. The van der Waals surface area contributed by atoms with Gasteiger partial charge in [-0.2, -0.15) is 0 Å². The van der Waals surface area contributed by atoms with Crippen LogP contribution >= 0.6 is 27.3 Å². The number of benzene rings is 1. The number of nitrogens with zero attached hydrogens (tertiary/aromatic N) is 3. The van der Waals surface area contributed by atoms with Crippen molar-refractivity contribution in [3.05, 3.63) is 85.4 Å². The summed E-state index contributed by atoms with van der Waals surface area (Å²) in [6, 6.07) is 13.0. The predicted molar refractivity (Wildman–Crippen MR) is 116 cm³/mol. The molecule has 1 aromatic carbocycles. The number of furan rings is 1. The topological polar surface area (TPSA) is 68.3 Å². The molecule has 0 atom stereocenters. The smallest absolute Gasteiger partial charge is 0.261 e. The highest BCUT2D eigenvalue weighted by atomic mass is 79.9. The van der Waals surface area contributed by atoms with Gasteiger partial charge < -0.3 is 9.32 Å². The fourth-order valence-electron chi connectivity index (χ4n) is 3.07. The third-order valence-corrected chi connectivity index (χ3v) is 5.99. The zero-order valence-electron chi connectivity index (χ0n) is 15.7. The minimum Gasteiger partial charge on any atom is -0.467 e. The van der Waals surface area contributed by atoms with E-state index >= 15 is 0 Å². The molecule has 0 N–H and O–H groups in total. The molecule has 8 heteroatoms. The van der Waals surface area contributed by atoms with Crippen molar-refractivity contribution in [1.29, 1.82) is 0 Å². The Labute approximate surface area is 179 Å². The van der Waals surface area contributed by atoms with E-state index in [4.69, 9.17) is 4.42 Å². The van der Waals surface area contributed by atoms with E-state index in [0.717, 1.165) is 9.35 Å². The van der Waals surface area contributed by atoms with Crippen molar-refractivity contribution in [2.75, 3.05) is 0 Å². The lowest BCUT2D eigenvalue weighted by Crippen LogP contribution is -2.35. The number of fused-ring (bicyclic) bond motifs is 1. The molecule has 0 aliphatic rings. The first-order valence-corrected chi connectivity index (χ1v) is 10.6. The normalized spacial score (nSPS) is 11.1. The first kappa shape index (κ1) is 19.6. The summed E-state index contributed by atoms with van der Waals surface area (Å²) in [5.41, 5.74) is 0.359. The summed E-state index contributed by atoms with van der Waals surface area (Å²) in [5, 5.41) is 0.473. The van der Waals surface area contributed by atoms with Crippen LogP contribution in [0.1, 0.15) is 15.5 Å². The van der Waals surface area contributed by atoms with E-state index in [2.05, 4.69) is 20.9 Å². The highest BCUT2D eigenvalue weighted by molar-refractivity contribution is 9.10. The van der Waals surface area contributed by atoms with Gasteiger partial charge >= 0.3 is 0 Å². The van der Waals surface area contributed by atoms with Crippen molar-refractivity contribution in [2.45, 2.75) is 26.6 Å². The first-order valence-electron chi connectivity index (χ1n) is 9.00. The van der Waals surface area contributed by atoms with Crippen LogP contribution in [0.5, 0.6) is 0 Å². The average Bonchev–Trinajstić information content (AvgIpc) is 3.35. The quantitative estimate of drug-likeness (QED) is 0.419. The number of rotatable bonds is 6. The zero-order valence-corrected chi connectivity index (χ0v) is 18.1. The minimum atomic E-state index is -0.241. The Balaban J connectivity index is 1.61. The monoisotopic (exact) mass is 471 g/mol. The number of carbonyl (C=O) groups is 1. The molecule has 3 heterocycles. The Bertz CT molecular complexity index is 1210. The summed E-state index contributed by atoms with van der Waals surface area (Å²) < 4.78 is 7.57. The molecule has 0 saturated heterocycles. The van der Waals surface area contributed by atoms with Crippen LogP contribution in [0.3, 0.4) is 0 Å². The molecule has 0 radical (unpaired) electrons. The second kappa shape index (κ2) is 8.34. The standard InChI is InChI=1S/C21H18BrN3O3S/c1-14-4-6-17(29-14)11-24(10-16-3-2-8-28-16)20(26)12-25-13-23-19-7-5-15(22)9-18(19)21(25)27/h2-9,13H,10-12H2,1H3. The first-order chi connectivity index (χ1) is 14.0. The van der Waals surface area contributed by atoms with Gasteiger partial charge in [0.15, 0.2) is 0 Å². The van der Waals surface area contributed by atoms with E-state index in [1.165, 1.54) is 15.8 Å². The summed E-state index contributed by atoms with van der Waals surface area (Å²) >= 11 is 5.03. The van der Waals surface area contributed by atoms with Crippen molar-refractivity contribution >= 4 is 44.1 Å². The lowest BCUT2D eigenvalue weighted by molar-refractivity contribution is -0.133. The molecular weight excluding hydrogens is 454 g/mol. The highest BCUT2D eigenvalue weighted by Crippen LogP contribution is 2.19. The summed E-state index contributed by atoms with van der Waals surface area (Å²) in [4.78, 5) is 34.2. The molecule has 0 unspecified atom stereocenters. The number of aromatic nitrogens is 2. The molecule has 0 aliphatic heterocycles. The average molecular weight is 472 g/mol. The summed E-state index contributed by atoms with van der Waals surface area (Å²) in [7, 11) is 0. The van der Waals surface area contributed by atoms with Gasteiger partial charge in [0.25, 0.3) is 5.56 Å². The number of amides is 1. The maximum atomic E-state index is 13.1. The van der Waals surface area contributed by atoms with Crippen LogP contribution in [0, 0.1) is 6.92 Å². The second-order valence-electron chi connectivity index (χ2n) is 6.68. The number of hydrogen-bond acceptors (Lipinski definition) is 5. The van der Waals surface area contributed by atoms with Crippen molar-refractivity contribution < 1.29 is 9.21 Å². The molecule has 148 valence electrons. The Morgan fingerprint density at radius 1 is 1.24 bits per heavy atom. The largest absolute Gasteiger partial charge is 0.467 e. The third-order valence-electron chi connectivity index (χ3n) is 4.51. The van der Waals surface area contributed by atoms with E-state index in [-0.39, 0.29) is 18.0 Å². The SMILES string of the molecule is Cc1ccc(CN(Cc2ccco2)C(=O)Cn2cnc3ccc(Br)cc3c2=O)s1. The van der Waals surface area contributed by atoms with Crippen LogP contribution in [0.25, 0.3) is 10.9 Å². The van der Waals surface area contributed by atoms with Gasteiger partial charge in [0, 0.05) is 14.2 Å². The van der Waals surface area contributed by atoms with Crippen LogP contribution in [0.15, 0.2) is 68.7 Å². The maximum Gasteiger partial charge on any atom is 0.261 e. The molecule has 0 spiro atoms. The Kier molecular flexibility index (Phi) is 5.64. The van der Waals surface area contributed by atoms with Crippen molar-refractivity contribution in [3.8, 4) is 0 Å². The Hall–Kier alpha value is -2.71. The number of thiophene rings is 1. The van der Waals surface area contributed by atoms with Gasteiger partial charge in [-0.05, 0) is 49.4 Å². The van der Waals surface area contributed by atoms with E-state index in [0.29, 0.717) is 29.8 Å².